The summed E-state index contributed by atoms with van der Waals surface area (Å²) >= 11 is 1.38. The minimum Gasteiger partial charge on any atom is -0.368 e. The van der Waals surface area contributed by atoms with Gasteiger partial charge in [-0.2, -0.15) is 0 Å². The first-order valence-electron chi connectivity index (χ1n) is 13.8. The lowest BCUT2D eigenvalue weighted by Gasteiger charge is -2.36. The summed E-state index contributed by atoms with van der Waals surface area (Å²) < 4.78 is 14.5. The van der Waals surface area contributed by atoms with Gasteiger partial charge in [0.1, 0.15) is 5.82 Å². The summed E-state index contributed by atoms with van der Waals surface area (Å²) in [6.07, 6.45) is 1.80. The molecule has 6 rings (SSSR count). The number of nitro groups is 1. The predicted molar refractivity (Wildman–Crippen MR) is 166 cm³/mol. The number of hydrogen-bond donors (Lipinski definition) is 0. The van der Waals surface area contributed by atoms with Crippen LogP contribution in [0.2, 0.25) is 0 Å². The first-order valence-corrected chi connectivity index (χ1v) is 14.6. The lowest BCUT2D eigenvalue weighted by Crippen LogP contribution is -2.48. The van der Waals surface area contributed by atoms with E-state index < -0.39 is 4.92 Å². The van der Waals surface area contributed by atoms with E-state index in [0.717, 1.165) is 21.8 Å². The van der Waals surface area contributed by atoms with Crippen LogP contribution in [0.1, 0.15) is 21.5 Å². The van der Waals surface area contributed by atoms with Crippen LogP contribution >= 0.6 is 11.8 Å². The van der Waals surface area contributed by atoms with Gasteiger partial charge in [-0.05, 0) is 54.1 Å². The number of nitro benzene ring substituents is 1. The fraction of sp³-hybridized carbons (Fsp3) is 0.152. The molecule has 0 saturated carbocycles. The van der Waals surface area contributed by atoms with Crippen molar-refractivity contribution in [3.63, 3.8) is 0 Å². The van der Waals surface area contributed by atoms with Crippen LogP contribution in [0.4, 0.5) is 21.5 Å². The number of para-hydroxylation sites is 1. The molecule has 0 unspecified atom stereocenters. The van der Waals surface area contributed by atoms with Gasteiger partial charge in [0.2, 0.25) is 0 Å². The Kier molecular flexibility index (Phi) is 7.93. The quantitative estimate of drug-likeness (QED) is 0.146. The van der Waals surface area contributed by atoms with Crippen molar-refractivity contribution in [2.24, 2.45) is 0 Å². The van der Waals surface area contributed by atoms with Crippen molar-refractivity contribution in [1.29, 1.82) is 0 Å². The predicted octanol–water partition coefficient (Wildman–Crippen LogP) is 6.38. The van der Waals surface area contributed by atoms with E-state index in [2.05, 4.69) is 4.90 Å². The van der Waals surface area contributed by atoms with Crippen LogP contribution in [0, 0.1) is 15.9 Å². The number of non-ortho nitro benzene ring substituents is 1. The highest BCUT2D eigenvalue weighted by Crippen LogP contribution is 2.42. The molecule has 8 nitrogen and oxygen atoms in total. The molecule has 0 bridgehead atoms. The van der Waals surface area contributed by atoms with Gasteiger partial charge < -0.3 is 14.7 Å². The third kappa shape index (κ3) is 6.00. The Balaban J connectivity index is 1.14. The molecule has 0 aliphatic carbocycles. The fourth-order valence-electron chi connectivity index (χ4n) is 5.22. The SMILES string of the molecule is O=C(c1ccc(C=C2Sc3ccccc3N(Cc3ccccc3F)C2=O)cc1)N1CCN(c2ccc([N+](=O)[O-])cc2)CC1. The van der Waals surface area contributed by atoms with E-state index in [-0.39, 0.29) is 29.9 Å². The number of nitrogens with zero attached hydrogens (tertiary/aromatic N) is 4. The minimum atomic E-state index is -0.421. The molecule has 2 amide bonds. The maximum atomic E-state index is 14.5. The molecule has 2 aliphatic heterocycles. The molecule has 216 valence electrons. The molecule has 0 spiro atoms. The number of hydrogen-bond acceptors (Lipinski definition) is 6. The molecule has 0 aromatic heterocycles. The van der Waals surface area contributed by atoms with E-state index in [0.29, 0.717) is 42.2 Å². The molecule has 1 saturated heterocycles. The Labute approximate surface area is 252 Å². The van der Waals surface area contributed by atoms with Gasteiger partial charge >= 0.3 is 0 Å². The van der Waals surface area contributed by atoms with Crippen molar-refractivity contribution >= 4 is 46.7 Å². The van der Waals surface area contributed by atoms with Gasteiger partial charge in [-0.1, -0.05) is 54.2 Å². The van der Waals surface area contributed by atoms with Gasteiger partial charge in [0.25, 0.3) is 17.5 Å². The molecule has 2 heterocycles. The smallest absolute Gasteiger partial charge is 0.269 e. The Morgan fingerprint density at radius 3 is 2.26 bits per heavy atom. The Morgan fingerprint density at radius 2 is 1.56 bits per heavy atom. The number of fused-ring (bicyclic) bond motifs is 1. The zero-order valence-electron chi connectivity index (χ0n) is 23.1. The summed E-state index contributed by atoms with van der Waals surface area (Å²) in [5.74, 6) is -0.641. The summed E-state index contributed by atoms with van der Waals surface area (Å²) in [6, 6.07) is 27.7. The van der Waals surface area contributed by atoms with Crippen LogP contribution in [0.25, 0.3) is 6.08 Å². The van der Waals surface area contributed by atoms with E-state index >= 15 is 0 Å². The van der Waals surface area contributed by atoms with Gasteiger partial charge in [0.05, 0.1) is 22.1 Å². The van der Waals surface area contributed by atoms with E-state index in [1.807, 2.05) is 36.4 Å². The number of benzene rings is 4. The molecule has 2 aliphatic rings. The first kappa shape index (κ1) is 28.2. The zero-order valence-corrected chi connectivity index (χ0v) is 23.9. The molecule has 0 radical (unpaired) electrons. The van der Waals surface area contributed by atoms with Gasteiger partial charge in [-0.15, -0.1) is 0 Å². The van der Waals surface area contributed by atoms with Crippen molar-refractivity contribution in [3.05, 3.63) is 135 Å². The largest absolute Gasteiger partial charge is 0.368 e. The Morgan fingerprint density at radius 1 is 0.884 bits per heavy atom. The van der Waals surface area contributed by atoms with Gasteiger partial charge in [-0.25, -0.2) is 4.39 Å². The monoisotopic (exact) mass is 594 g/mol. The summed E-state index contributed by atoms with van der Waals surface area (Å²) in [6.45, 7) is 2.43. The number of anilines is 2. The fourth-order valence-corrected chi connectivity index (χ4v) is 6.28. The summed E-state index contributed by atoms with van der Waals surface area (Å²) in [4.78, 5) is 44.2. The van der Waals surface area contributed by atoms with Gasteiger partial charge in [0.15, 0.2) is 0 Å². The number of thioether (sulfide) groups is 1. The maximum Gasteiger partial charge on any atom is 0.269 e. The van der Waals surface area contributed by atoms with E-state index in [4.69, 9.17) is 0 Å². The topological polar surface area (TPSA) is 87.0 Å². The summed E-state index contributed by atoms with van der Waals surface area (Å²) in [5, 5.41) is 10.9. The Bertz CT molecular complexity index is 1720. The number of carbonyl (C=O) groups is 2. The summed E-state index contributed by atoms with van der Waals surface area (Å²) in [5.41, 5.74) is 3.45. The molecule has 43 heavy (non-hydrogen) atoms. The standard InChI is InChI=1S/C33H27FN4O4S/c34-28-6-2-1-5-25(28)22-37-29-7-3-4-8-30(29)43-31(33(37)40)21-23-9-11-24(12-10-23)32(39)36-19-17-35(18-20-36)26-13-15-27(16-14-26)38(41)42/h1-16,21H,17-20,22H2. The maximum absolute atomic E-state index is 14.5. The average molecular weight is 595 g/mol. The van der Waals surface area contributed by atoms with Crippen LogP contribution in [0.15, 0.2) is 107 Å². The summed E-state index contributed by atoms with van der Waals surface area (Å²) in [7, 11) is 0. The number of rotatable bonds is 6. The lowest BCUT2D eigenvalue weighted by molar-refractivity contribution is -0.384. The second kappa shape index (κ2) is 12.1. The number of halogens is 1. The molecule has 4 aromatic rings. The van der Waals surface area contributed by atoms with Crippen LogP contribution in [-0.4, -0.2) is 47.8 Å². The molecular formula is C33H27FN4O4S. The molecular weight excluding hydrogens is 567 g/mol. The van der Waals surface area contributed by atoms with Crippen LogP contribution in [0.3, 0.4) is 0 Å². The van der Waals surface area contributed by atoms with Gasteiger partial charge in [0, 0.05) is 60.0 Å². The second-order valence-corrected chi connectivity index (χ2v) is 11.3. The second-order valence-electron chi connectivity index (χ2n) is 10.2. The van der Waals surface area contributed by atoms with E-state index in [1.165, 1.54) is 30.0 Å². The van der Waals surface area contributed by atoms with Crippen molar-refractivity contribution in [3.8, 4) is 0 Å². The van der Waals surface area contributed by atoms with E-state index in [1.54, 1.807) is 58.3 Å². The van der Waals surface area contributed by atoms with Crippen LogP contribution in [-0.2, 0) is 11.3 Å². The third-order valence-electron chi connectivity index (χ3n) is 7.57. The highest BCUT2D eigenvalue weighted by molar-refractivity contribution is 8.04. The normalized spacial score (nSPS) is 15.9. The van der Waals surface area contributed by atoms with Crippen molar-refractivity contribution in [1.82, 2.24) is 4.90 Å². The molecule has 0 atom stereocenters. The van der Waals surface area contributed by atoms with Crippen molar-refractivity contribution in [2.75, 3.05) is 36.0 Å². The number of carbonyl (C=O) groups excluding carboxylic acids is 2. The molecule has 10 heteroatoms. The van der Waals surface area contributed by atoms with Crippen molar-refractivity contribution in [2.45, 2.75) is 11.4 Å². The highest BCUT2D eigenvalue weighted by Gasteiger charge is 2.30. The lowest BCUT2D eigenvalue weighted by atomic mass is 10.1. The average Bonchev–Trinajstić information content (AvgIpc) is 3.04. The van der Waals surface area contributed by atoms with Crippen molar-refractivity contribution < 1.29 is 18.9 Å². The van der Waals surface area contributed by atoms with Crippen LogP contribution in [0.5, 0.6) is 0 Å². The van der Waals surface area contributed by atoms with E-state index in [9.17, 15) is 24.1 Å². The third-order valence-corrected chi connectivity index (χ3v) is 8.64. The van der Waals surface area contributed by atoms with Gasteiger partial charge in [-0.3, -0.25) is 19.7 Å². The number of piperazine rings is 1. The zero-order chi connectivity index (χ0) is 29.9. The molecule has 4 aromatic carbocycles. The minimum absolute atomic E-state index is 0.0489. The first-order chi connectivity index (χ1) is 20.9. The highest BCUT2D eigenvalue weighted by atomic mass is 32.2. The Hall–Kier alpha value is -4.96. The molecule has 1 fully saturated rings. The molecule has 0 N–H and O–H groups in total. The van der Waals surface area contributed by atoms with Crippen LogP contribution < -0.4 is 9.80 Å². The number of amides is 2.